The average molecular weight is 389 g/mol. The minimum absolute atomic E-state index is 0.0190. The number of aryl methyl sites for hydroxylation is 1. The number of likely N-dealkylation sites (tertiary alicyclic amines) is 1. The third-order valence-corrected chi connectivity index (χ3v) is 4.87. The molecule has 2 amide bonds. The summed E-state index contributed by atoms with van der Waals surface area (Å²) in [7, 11) is 0. The van der Waals surface area contributed by atoms with Gasteiger partial charge < -0.3 is 24.4 Å². The summed E-state index contributed by atoms with van der Waals surface area (Å²) in [6, 6.07) is 5.65. The molecule has 1 aromatic carbocycles. The van der Waals surface area contributed by atoms with E-state index in [4.69, 9.17) is 20.8 Å². The summed E-state index contributed by atoms with van der Waals surface area (Å²) in [5.74, 6) is 1.79. The number of aromatic nitrogens is 2. The normalized spacial score (nSPS) is 14.1. The van der Waals surface area contributed by atoms with Gasteiger partial charge in [-0.05, 0) is 31.9 Å². The van der Waals surface area contributed by atoms with Crippen molar-refractivity contribution in [3.63, 3.8) is 0 Å². The number of halogens is 1. The molecule has 3 heterocycles. The van der Waals surface area contributed by atoms with Crippen LogP contribution in [0.4, 0.5) is 4.79 Å². The number of hydrogen-bond acceptors (Lipinski definition) is 4. The highest BCUT2D eigenvalue weighted by Gasteiger charge is 2.17. The molecule has 0 unspecified atom stereocenters. The number of urea groups is 1. The van der Waals surface area contributed by atoms with Crippen molar-refractivity contribution in [1.82, 2.24) is 20.2 Å². The van der Waals surface area contributed by atoms with E-state index in [2.05, 4.69) is 15.3 Å². The zero-order valence-electron chi connectivity index (χ0n) is 15.0. The summed E-state index contributed by atoms with van der Waals surface area (Å²) in [5, 5.41) is 4.43. The molecule has 142 valence electrons. The molecule has 0 atom stereocenters. The van der Waals surface area contributed by atoms with Gasteiger partial charge in [0, 0.05) is 35.8 Å². The number of nitrogens with one attached hydrogen (secondary N) is 2. The van der Waals surface area contributed by atoms with Crippen LogP contribution in [0.15, 0.2) is 28.8 Å². The van der Waals surface area contributed by atoms with Crippen LogP contribution in [-0.2, 0) is 13.2 Å². The Morgan fingerprint density at radius 3 is 2.93 bits per heavy atom. The first kappa shape index (κ1) is 17.7. The number of amides is 2. The first-order valence-corrected chi connectivity index (χ1v) is 9.34. The molecule has 3 aromatic rings. The third kappa shape index (κ3) is 4.03. The van der Waals surface area contributed by atoms with Gasteiger partial charge in [0.2, 0.25) is 5.89 Å². The lowest BCUT2D eigenvalue weighted by atomic mass is 10.2. The van der Waals surface area contributed by atoms with Gasteiger partial charge in [-0.1, -0.05) is 11.6 Å². The van der Waals surface area contributed by atoms with E-state index in [1.807, 2.05) is 30.0 Å². The van der Waals surface area contributed by atoms with Crippen LogP contribution in [0.1, 0.15) is 30.2 Å². The molecule has 0 aliphatic carbocycles. The maximum atomic E-state index is 12.1. The van der Waals surface area contributed by atoms with Crippen molar-refractivity contribution in [3.8, 4) is 5.75 Å². The van der Waals surface area contributed by atoms with Gasteiger partial charge in [0.15, 0.2) is 6.61 Å². The van der Waals surface area contributed by atoms with Crippen LogP contribution >= 0.6 is 11.6 Å². The number of hydrogen-bond donors (Lipinski definition) is 2. The monoisotopic (exact) mass is 388 g/mol. The molecule has 2 aromatic heterocycles. The summed E-state index contributed by atoms with van der Waals surface area (Å²) >= 11 is 6.33. The number of H-pyrrole nitrogens is 1. The second-order valence-electron chi connectivity index (χ2n) is 6.67. The van der Waals surface area contributed by atoms with Gasteiger partial charge in [-0.15, -0.1) is 0 Å². The minimum atomic E-state index is -0.0190. The fraction of sp³-hybridized carbons (Fsp3) is 0.368. The minimum Gasteiger partial charge on any atom is -0.482 e. The molecule has 2 N–H and O–H groups in total. The lowest BCUT2D eigenvalue weighted by molar-refractivity contribution is 0.208. The number of benzene rings is 1. The molecule has 1 fully saturated rings. The van der Waals surface area contributed by atoms with Crippen molar-refractivity contribution in [2.24, 2.45) is 0 Å². The van der Waals surface area contributed by atoms with Crippen molar-refractivity contribution < 1.29 is 13.9 Å². The van der Waals surface area contributed by atoms with Gasteiger partial charge in [-0.25, -0.2) is 9.78 Å². The number of nitrogens with zero attached hydrogens (tertiary/aromatic N) is 2. The van der Waals surface area contributed by atoms with Crippen LogP contribution in [0.3, 0.4) is 0 Å². The smallest absolute Gasteiger partial charge is 0.317 e. The Bertz CT molecular complexity index is 959. The van der Waals surface area contributed by atoms with Crippen molar-refractivity contribution >= 4 is 28.5 Å². The quantitative estimate of drug-likeness (QED) is 0.691. The molecule has 8 heteroatoms. The molecule has 7 nitrogen and oxygen atoms in total. The second-order valence-corrected chi connectivity index (χ2v) is 7.08. The topological polar surface area (TPSA) is 83.4 Å². The Morgan fingerprint density at radius 2 is 2.19 bits per heavy atom. The molecule has 0 saturated carbocycles. The van der Waals surface area contributed by atoms with Crippen molar-refractivity contribution in [2.75, 3.05) is 13.1 Å². The molecule has 0 radical (unpaired) electrons. The summed E-state index contributed by atoms with van der Waals surface area (Å²) in [4.78, 5) is 21.4. The van der Waals surface area contributed by atoms with E-state index in [-0.39, 0.29) is 12.6 Å². The number of carbonyl (C=O) groups is 1. The molecule has 1 aliphatic heterocycles. The van der Waals surface area contributed by atoms with Crippen molar-refractivity contribution in [1.29, 1.82) is 0 Å². The van der Waals surface area contributed by atoms with E-state index in [1.165, 1.54) is 0 Å². The van der Waals surface area contributed by atoms with Gasteiger partial charge in [0.1, 0.15) is 11.5 Å². The van der Waals surface area contributed by atoms with Gasteiger partial charge in [0.25, 0.3) is 0 Å². The average Bonchev–Trinajstić information content (AvgIpc) is 3.38. The predicted molar refractivity (Wildman–Crippen MR) is 102 cm³/mol. The molecule has 4 rings (SSSR count). The second kappa shape index (κ2) is 7.52. The van der Waals surface area contributed by atoms with E-state index in [1.54, 1.807) is 6.20 Å². The molecular weight excluding hydrogens is 368 g/mol. The number of aromatic amines is 1. The number of ether oxygens (including phenoxy) is 1. The highest BCUT2D eigenvalue weighted by Crippen LogP contribution is 2.31. The standard InChI is InChI=1S/C19H21ClN4O3/c1-12-9-21-18(27-12)11-26-17-8-16-13(7-15(17)20)6-14(23-16)10-22-19(25)24-4-2-3-5-24/h6-9,23H,2-5,10-11H2,1H3,(H,22,25). The maximum absolute atomic E-state index is 12.1. The number of rotatable bonds is 5. The first-order valence-electron chi connectivity index (χ1n) is 8.96. The van der Waals surface area contributed by atoms with E-state index in [0.29, 0.717) is 23.2 Å². The Morgan fingerprint density at radius 1 is 1.37 bits per heavy atom. The van der Waals surface area contributed by atoms with Gasteiger partial charge in [-0.2, -0.15) is 0 Å². The summed E-state index contributed by atoms with van der Waals surface area (Å²) in [5.41, 5.74) is 1.80. The van der Waals surface area contributed by atoms with E-state index >= 15 is 0 Å². The van der Waals surface area contributed by atoms with Crippen LogP contribution < -0.4 is 10.1 Å². The van der Waals surface area contributed by atoms with E-state index in [9.17, 15) is 4.79 Å². The molecule has 27 heavy (non-hydrogen) atoms. The summed E-state index contributed by atoms with van der Waals surface area (Å²) in [6.07, 6.45) is 3.81. The first-order chi connectivity index (χ1) is 13.1. The maximum Gasteiger partial charge on any atom is 0.317 e. The number of oxazole rings is 1. The number of fused-ring (bicyclic) bond motifs is 1. The fourth-order valence-electron chi connectivity index (χ4n) is 3.21. The number of carbonyl (C=O) groups excluding carboxylic acids is 1. The van der Waals surface area contributed by atoms with Gasteiger partial charge >= 0.3 is 6.03 Å². The van der Waals surface area contributed by atoms with Crippen LogP contribution in [0.2, 0.25) is 5.02 Å². The highest BCUT2D eigenvalue weighted by molar-refractivity contribution is 6.32. The van der Waals surface area contributed by atoms with E-state index < -0.39 is 0 Å². The van der Waals surface area contributed by atoms with Crippen LogP contribution in [0, 0.1) is 6.92 Å². The Balaban J connectivity index is 1.43. The van der Waals surface area contributed by atoms with Crippen LogP contribution in [-0.4, -0.2) is 34.0 Å². The molecule has 1 saturated heterocycles. The Kier molecular flexibility index (Phi) is 4.94. The van der Waals surface area contributed by atoms with Crippen LogP contribution in [0.5, 0.6) is 5.75 Å². The zero-order valence-corrected chi connectivity index (χ0v) is 15.8. The van der Waals surface area contributed by atoms with Crippen molar-refractivity contribution in [3.05, 3.63) is 46.8 Å². The molecular formula is C19H21ClN4O3. The molecule has 0 bridgehead atoms. The molecule has 1 aliphatic rings. The largest absolute Gasteiger partial charge is 0.482 e. The highest BCUT2D eigenvalue weighted by atomic mass is 35.5. The summed E-state index contributed by atoms with van der Waals surface area (Å²) < 4.78 is 11.1. The molecule has 0 spiro atoms. The SMILES string of the molecule is Cc1cnc(COc2cc3[nH]c(CNC(=O)N4CCCC4)cc3cc2Cl)o1. The predicted octanol–water partition coefficient (Wildman–Crippen LogP) is 4.00. The summed E-state index contributed by atoms with van der Waals surface area (Å²) in [6.45, 7) is 4.14. The zero-order chi connectivity index (χ0) is 18.8. The van der Waals surface area contributed by atoms with Crippen molar-refractivity contribution in [2.45, 2.75) is 32.9 Å². The van der Waals surface area contributed by atoms with Gasteiger partial charge in [0.05, 0.1) is 17.8 Å². The lowest BCUT2D eigenvalue weighted by Crippen LogP contribution is -2.37. The van der Waals surface area contributed by atoms with Gasteiger partial charge in [-0.3, -0.25) is 0 Å². The third-order valence-electron chi connectivity index (χ3n) is 4.57. The Hall–Kier alpha value is -2.67. The van der Waals surface area contributed by atoms with E-state index in [0.717, 1.165) is 48.3 Å². The van der Waals surface area contributed by atoms with Crippen LogP contribution in [0.25, 0.3) is 10.9 Å². The Labute approximate surface area is 161 Å². The fourth-order valence-corrected chi connectivity index (χ4v) is 3.44. The lowest BCUT2D eigenvalue weighted by Gasteiger charge is -2.15.